The summed E-state index contributed by atoms with van der Waals surface area (Å²) in [5.74, 6) is 0.167. The number of piperidine rings is 1. The van der Waals surface area contributed by atoms with Crippen molar-refractivity contribution in [2.24, 2.45) is 5.92 Å². The van der Waals surface area contributed by atoms with Crippen molar-refractivity contribution in [2.45, 2.75) is 19.8 Å². The lowest BCUT2D eigenvalue weighted by Crippen LogP contribution is -2.41. The van der Waals surface area contributed by atoms with Gasteiger partial charge < -0.3 is 16.0 Å². The number of anilines is 3. The standard InChI is InChI=1S/C21H24BrN5O3/c1-14(28)24-17-3-5-18(6-4-17)25-20(29)13-27-10-8-15(9-11-27)21(30)26-19-7-2-16(22)12-23-19/h2-7,12,15H,8-11,13H2,1H3,(H,24,28)(H,25,29)(H,23,26,30). The van der Waals surface area contributed by atoms with Crippen LogP contribution >= 0.6 is 15.9 Å². The third-order valence-electron chi connectivity index (χ3n) is 4.79. The summed E-state index contributed by atoms with van der Waals surface area (Å²) in [5.41, 5.74) is 1.35. The van der Waals surface area contributed by atoms with Crippen LogP contribution in [0.2, 0.25) is 0 Å². The van der Waals surface area contributed by atoms with E-state index in [1.807, 2.05) is 11.0 Å². The zero-order chi connectivity index (χ0) is 21.5. The molecular weight excluding hydrogens is 450 g/mol. The molecule has 0 saturated carbocycles. The molecule has 2 heterocycles. The van der Waals surface area contributed by atoms with Gasteiger partial charge in [-0.25, -0.2) is 4.98 Å². The van der Waals surface area contributed by atoms with Crippen LogP contribution in [-0.2, 0) is 14.4 Å². The van der Waals surface area contributed by atoms with Crippen molar-refractivity contribution in [3.05, 3.63) is 47.1 Å². The van der Waals surface area contributed by atoms with Crippen molar-refractivity contribution in [2.75, 3.05) is 35.6 Å². The monoisotopic (exact) mass is 473 g/mol. The predicted octanol–water partition coefficient (Wildman–Crippen LogP) is 3.09. The number of nitrogens with zero attached hydrogens (tertiary/aromatic N) is 2. The minimum absolute atomic E-state index is 0.0341. The van der Waals surface area contributed by atoms with Crippen molar-refractivity contribution < 1.29 is 14.4 Å². The summed E-state index contributed by atoms with van der Waals surface area (Å²) >= 11 is 3.32. The van der Waals surface area contributed by atoms with Gasteiger partial charge in [0.15, 0.2) is 0 Å². The lowest BCUT2D eigenvalue weighted by atomic mass is 9.96. The smallest absolute Gasteiger partial charge is 0.238 e. The maximum absolute atomic E-state index is 12.4. The Labute approximate surface area is 183 Å². The number of rotatable bonds is 6. The Morgan fingerprint density at radius 2 is 1.63 bits per heavy atom. The van der Waals surface area contributed by atoms with Gasteiger partial charge in [0.1, 0.15) is 5.82 Å². The van der Waals surface area contributed by atoms with Gasteiger partial charge in [-0.2, -0.15) is 0 Å². The van der Waals surface area contributed by atoms with Crippen molar-refractivity contribution in [3.63, 3.8) is 0 Å². The van der Waals surface area contributed by atoms with Crippen molar-refractivity contribution in [1.29, 1.82) is 0 Å². The molecule has 30 heavy (non-hydrogen) atoms. The highest BCUT2D eigenvalue weighted by Crippen LogP contribution is 2.20. The number of likely N-dealkylation sites (tertiary alicyclic amines) is 1. The Morgan fingerprint density at radius 1 is 1.00 bits per heavy atom. The molecular formula is C21H24BrN5O3. The molecule has 9 heteroatoms. The highest BCUT2D eigenvalue weighted by atomic mass is 79.9. The Morgan fingerprint density at radius 3 is 2.20 bits per heavy atom. The Hall–Kier alpha value is -2.78. The number of pyridine rings is 1. The van der Waals surface area contributed by atoms with E-state index in [-0.39, 0.29) is 30.2 Å². The van der Waals surface area contributed by atoms with Crippen LogP contribution in [0, 0.1) is 5.92 Å². The molecule has 1 fully saturated rings. The van der Waals surface area contributed by atoms with Gasteiger partial charge in [-0.1, -0.05) is 0 Å². The lowest BCUT2D eigenvalue weighted by Gasteiger charge is -2.30. The number of hydrogen-bond donors (Lipinski definition) is 3. The van der Waals surface area contributed by atoms with E-state index in [1.54, 1.807) is 36.5 Å². The highest BCUT2D eigenvalue weighted by Gasteiger charge is 2.26. The maximum Gasteiger partial charge on any atom is 0.238 e. The van der Waals surface area contributed by atoms with E-state index in [0.717, 1.165) is 4.47 Å². The minimum Gasteiger partial charge on any atom is -0.326 e. The van der Waals surface area contributed by atoms with Gasteiger partial charge in [0.2, 0.25) is 17.7 Å². The van der Waals surface area contributed by atoms with E-state index in [9.17, 15) is 14.4 Å². The normalized spacial score (nSPS) is 14.7. The molecule has 3 rings (SSSR count). The van der Waals surface area contributed by atoms with E-state index in [2.05, 4.69) is 36.9 Å². The second-order valence-corrected chi connectivity index (χ2v) is 8.12. The van der Waals surface area contributed by atoms with Crippen LogP contribution < -0.4 is 16.0 Å². The summed E-state index contributed by atoms with van der Waals surface area (Å²) in [6, 6.07) is 10.6. The molecule has 1 aromatic heterocycles. The van der Waals surface area contributed by atoms with Gasteiger partial charge in [0.25, 0.3) is 0 Å². The van der Waals surface area contributed by atoms with E-state index in [4.69, 9.17) is 0 Å². The van der Waals surface area contributed by atoms with Crippen molar-refractivity contribution >= 4 is 50.8 Å². The number of carbonyl (C=O) groups is 3. The number of amides is 3. The first-order valence-electron chi connectivity index (χ1n) is 9.71. The third kappa shape index (κ3) is 6.64. The summed E-state index contributed by atoms with van der Waals surface area (Å²) in [6.07, 6.45) is 3.03. The van der Waals surface area contributed by atoms with Crippen LogP contribution in [0.1, 0.15) is 19.8 Å². The number of nitrogens with one attached hydrogen (secondary N) is 3. The summed E-state index contributed by atoms with van der Waals surface area (Å²) in [5, 5.41) is 8.39. The molecule has 0 radical (unpaired) electrons. The fourth-order valence-electron chi connectivity index (χ4n) is 3.28. The first-order chi connectivity index (χ1) is 14.4. The molecule has 0 bridgehead atoms. The third-order valence-corrected chi connectivity index (χ3v) is 5.26. The van der Waals surface area contributed by atoms with Crippen LogP contribution in [-0.4, -0.2) is 47.2 Å². The summed E-state index contributed by atoms with van der Waals surface area (Å²) in [4.78, 5) is 42.0. The molecule has 8 nitrogen and oxygen atoms in total. The molecule has 0 unspecified atom stereocenters. The van der Waals surface area contributed by atoms with Gasteiger partial charge in [-0.15, -0.1) is 0 Å². The molecule has 3 N–H and O–H groups in total. The van der Waals surface area contributed by atoms with Crippen LogP contribution in [0.5, 0.6) is 0 Å². The lowest BCUT2D eigenvalue weighted by molar-refractivity contribution is -0.121. The molecule has 2 aromatic rings. The number of carbonyl (C=O) groups excluding carboxylic acids is 3. The van der Waals surface area contributed by atoms with E-state index in [0.29, 0.717) is 43.1 Å². The van der Waals surface area contributed by atoms with E-state index in [1.165, 1.54) is 6.92 Å². The zero-order valence-electron chi connectivity index (χ0n) is 16.7. The molecule has 3 amide bonds. The maximum atomic E-state index is 12.4. The fourth-order valence-corrected chi connectivity index (χ4v) is 3.51. The van der Waals surface area contributed by atoms with Crippen molar-refractivity contribution in [1.82, 2.24) is 9.88 Å². The average Bonchev–Trinajstić information content (AvgIpc) is 2.71. The quantitative estimate of drug-likeness (QED) is 0.597. The number of halogens is 1. The molecule has 1 aromatic carbocycles. The van der Waals surface area contributed by atoms with Crippen LogP contribution in [0.3, 0.4) is 0 Å². The Bertz CT molecular complexity index is 894. The Kier molecular flexibility index (Phi) is 7.53. The van der Waals surface area contributed by atoms with Crippen LogP contribution in [0.25, 0.3) is 0 Å². The largest absolute Gasteiger partial charge is 0.326 e. The molecule has 0 aliphatic carbocycles. The molecule has 0 atom stereocenters. The second-order valence-electron chi connectivity index (χ2n) is 7.21. The van der Waals surface area contributed by atoms with Gasteiger partial charge in [0.05, 0.1) is 6.54 Å². The SMILES string of the molecule is CC(=O)Nc1ccc(NC(=O)CN2CCC(C(=O)Nc3ccc(Br)cn3)CC2)cc1. The number of aromatic nitrogens is 1. The van der Waals surface area contributed by atoms with Crippen LogP contribution in [0.4, 0.5) is 17.2 Å². The minimum atomic E-state index is -0.142. The first-order valence-corrected chi connectivity index (χ1v) is 10.5. The van der Waals surface area contributed by atoms with Crippen molar-refractivity contribution in [3.8, 4) is 0 Å². The average molecular weight is 474 g/mol. The zero-order valence-corrected chi connectivity index (χ0v) is 18.2. The second kappa shape index (κ2) is 10.3. The first kappa shape index (κ1) is 21.9. The highest BCUT2D eigenvalue weighted by molar-refractivity contribution is 9.10. The molecule has 1 saturated heterocycles. The number of hydrogen-bond acceptors (Lipinski definition) is 5. The topological polar surface area (TPSA) is 103 Å². The molecule has 0 spiro atoms. The Balaban J connectivity index is 1.41. The molecule has 1 aliphatic heterocycles. The van der Waals surface area contributed by atoms with Gasteiger partial charge >= 0.3 is 0 Å². The molecule has 1 aliphatic rings. The molecule has 158 valence electrons. The van der Waals surface area contributed by atoms with Crippen LogP contribution in [0.15, 0.2) is 47.1 Å². The van der Waals surface area contributed by atoms with Gasteiger partial charge in [-0.05, 0) is 78.3 Å². The summed E-state index contributed by atoms with van der Waals surface area (Å²) in [7, 11) is 0. The predicted molar refractivity (Wildman–Crippen MR) is 119 cm³/mol. The van der Waals surface area contributed by atoms with Gasteiger partial charge in [-0.3, -0.25) is 19.3 Å². The summed E-state index contributed by atoms with van der Waals surface area (Å²) < 4.78 is 0.857. The van der Waals surface area contributed by atoms with E-state index < -0.39 is 0 Å². The fraction of sp³-hybridized carbons (Fsp3) is 0.333. The number of benzene rings is 1. The van der Waals surface area contributed by atoms with E-state index >= 15 is 0 Å². The summed E-state index contributed by atoms with van der Waals surface area (Å²) in [6.45, 7) is 3.08. The van der Waals surface area contributed by atoms with Gasteiger partial charge in [0, 0.05) is 34.9 Å².